The van der Waals surface area contributed by atoms with Gasteiger partial charge in [0.25, 0.3) is 0 Å². The van der Waals surface area contributed by atoms with Crippen molar-refractivity contribution in [3.8, 4) is 11.5 Å². The molecule has 1 aliphatic rings. The van der Waals surface area contributed by atoms with Gasteiger partial charge in [-0.2, -0.15) is 0 Å². The maximum absolute atomic E-state index is 13.9. The van der Waals surface area contributed by atoms with Gasteiger partial charge in [0.1, 0.15) is 29.5 Å². The highest BCUT2D eigenvalue weighted by Crippen LogP contribution is 2.38. The molecule has 0 radical (unpaired) electrons. The van der Waals surface area contributed by atoms with Crippen LogP contribution >= 0.6 is 11.6 Å². The van der Waals surface area contributed by atoms with Gasteiger partial charge in [-0.05, 0) is 45.0 Å². The Balaban J connectivity index is 1.75. The zero-order chi connectivity index (χ0) is 19.6. The van der Waals surface area contributed by atoms with E-state index in [0.29, 0.717) is 18.0 Å². The van der Waals surface area contributed by atoms with Gasteiger partial charge in [-0.1, -0.05) is 11.6 Å². The van der Waals surface area contributed by atoms with Crippen molar-refractivity contribution in [2.45, 2.75) is 39.3 Å². The standard InChI is InChI=1S/C20H22ClFN2O3/c1-4-26-19-8-13-7-11(2)27-18(13)10-17(19)23-12(3)20(25)24-16-6-5-14(21)9-15(16)22/h5-6,8-12,23H,4,7H2,1-3H3,(H,24,25)/t11-,12-/m0/s1. The fourth-order valence-electron chi connectivity index (χ4n) is 2.96. The Kier molecular flexibility index (Phi) is 5.75. The van der Waals surface area contributed by atoms with Gasteiger partial charge in [0.15, 0.2) is 0 Å². The molecule has 2 N–H and O–H groups in total. The van der Waals surface area contributed by atoms with Gasteiger partial charge in [0.05, 0.1) is 18.0 Å². The summed E-state index contributed by atoms with van der Waals surface area (Å²) in [4.78, 5) is 12.5. The van der Waals surface area contributed by atoms with E-state index in [1.54, 1.807) is 6.92 Å². The first-order valence-corrected chi connectivity index (χ1v) is 9.24. The molecule has 0 saturated heterocycles. The molecule has 0 aromatic heterocycles. The molecule has 2 aromatic carbocycles. The van der Waals surface area contributed by atoms with E-state index < -0.39 is 11.9 Å². The summed E-state index contributed by atoms with van der Waals surface area (Å²) in [7, 11) is 0. The lowest BCUT2D eigenvalue weighted by Crippen LogP contribution is -2.32. The molecule has 1 heterocycles. The van der Waals surface area contributed by atoms with Crippen LogP contribution < -0.4 is 20.1 Å². The van der Waals surface area contributed by atoms with Crippen molar-refractivity contribution in [3.63, 3.8) is 0 Å². The summed E-state index contributed by atoms with van der Waals surface area (Å²) in [5.74, 6) is 0.475. The second-order valence-corrected chi connectivity index (χ2v) is 6.94. The number of benzene rings is 2. The third-order valence-electron chi connectivity index (χ3n) is 4.25. The van der Waals surface area contributed by atoms with Crippen molar-refractivity contribution in [2.75, 3.05) is 17.2 Å². The lowest BCUT2D eigenvalue weighted by molar-refractivity contribution is -0.116. The molecule has 0 saturated carbocycles. The quantitative estimate of drug-likeness (QED) is 0.751. The molecule has 144 valence electrons. The van der Waals surface area contributed by atoms with Crippen LogP contribution in [-0.2, 0) is 11.2 Å². The summed E-state index contributed by atoms with van der Waals surface area (Å²) in [6.45, 7) is 6.09. The molecule has 1 aliphatic heterocycles. The van der Waals surface area contributed by atoms with E-state index in [9.17, 15) is 9.18 Å². The van der Waals surface area contributed by atoms with Gasteiger partial charge >= 0.3 is 0 Å². The number of anilines is 2. The van der Waals surface area contributed by atoms with E-state index in [4.69, 9.17) is 21.1 Å². The molecular weight excluding hydrogens is 371 g/mol. The fourth-order valence-corrected chi connectivity index (χ4v) is 3.12. The SMILES string of the molecule is CCOc1cc2c(cc1N[C@@H](C)C(=O)Nc1ccc(Cl)cc1F)O[C@@H](C)C2. The highest BCUT2D eigenvalue weighted by atomic mass is 35.5. The largest absolute Gasteiger partial charge is 0.492 e. The molecule has 7 heteroatoms. The van der Waals surface area contributed by atoms with Gasteiger partial charge in [0.2, 0.25) is 5.91 Å². The molecule has 5 nitrogen and oxygen atoms in total. The number of hydrogen-bond donors (Lipinski definition) is 2. The minimum Gasteiger partial charge on any atom is -0.492 e. The van der Waals surface area contributed by atoms with Crippen LogP contribution in [0.25, 0.3) is 0 Å². The van der Waals surface area contributed by atoms with Crippen LogP contribution in [0.2, 0.25) is 5.02 Å². The predicted molar refractivity (Wildman–Crippen MR) is 105 cm³/mol. The van der Waals surface area contributed by atoms with E-state index in [0.717, 1.165) is 23.8 Å². The Labute approximate surface area is 162 Å². The number of amides is 1. The van der Waals surface area contributed by atoms with Gasteiger partial charge in [-0.25, -0.2) is 4.39 Å². The maximum Gasteiger partial charge on any atom is 0.246 e. The van der Waals surface area contributed by atoms with E-state index in [-0.39, 0.29) is 22.7 Å². The van der Waals surface area contributed by atoms with Gasteiger partial charge in [0, 0.05) is 23.1 Å². The summed E-state index contributed by atoms with van der Waals surface area (Å²) >= 11 is 5.74. The molecule has 1 amide bonds. The van der Waals surface area contributed by atoms with Gasteiger partial charge < -0.3 is 20.1 Å². The highest BCUT2D eigenvalue weighted by molar-refractivity contribution is 6.30. The normalized spacial score (nSPS) is 16.3. The third-order valence-corrected chi connectivity index (χ3v) is 4.49. The number of carbonyl (C=O) groups excluding carboxylic acids is 1. The first-order valence-electron chi connectivity index (χ1n) is 8.86. The van der Waals surface area contributed by atoms with Gasteiger partial charge in [-0.3, -0.25) is 4.79 Å². The Morgan fingerprint density at radius 1 is 1.37 bits per heavy atom. The number of ether oxygens (including phenoxy) is 2. The maximum atomic E-state index is 13.9. The van der Waals surface area contributed by atoms with Crippen molar-refractivity contribution in [2.24, 2.45) is 0 Å². The van der Waals surface area contributed by atoms with E-state index in [1.165, 1.54) is 12.1 Å². The molecular formula is C20H22ClFN2O3. The number of hydrogen-bond acceptors (Lipinski definition) is 4. The van der Waals surface area contributed by atoms with E-state index in [1.807, 2.05) is 26.0 Å². The third kappa shape index (κ3) is 4.45. The first-order chi connectivity index (χ1) is 12.9. The minimum atomic E-state index is -0.629. The smallest absolute Gasteiger partial charge is 0.246 e. The Morgan fingerprint density at radius 3 is 2.85 bits per heavy atom. The summed E-state index contributed by atoms with van der Waals surface area (Å²) in [5.41, 5.74) is 1.81. The van der Waals surface area contributed by atoms with Crippen molar-refractivity contribution < 1.29 is 18.7 Å². The van der Waals surface area contributed by atoms with E-state index >= 15 is 0 Å². The van der Waals surface area contributed by atoms with Gasteiger partial charge in [-0.15, -0.1) is 0 Å². The number of nitrogens with one attached hydrogen (secondary N) is 2. The highest BCUT2D eigenvalue weighted by Gasteiger charge is 2.23. The Hall–Kier alpha value is -2.47. The molecule has 0 bridgehead atoms. The first kappa shape index (κ1) is 19.3. The fraction of sp³-hybridized carbons (Fsp3) is 0.350. The average Bonchev–Trinajstić information content (AvgIpc) is 2.96. The molecule has 2 aromatic rings. The minimum absolute atomic E-state index is 0.0780. The van der Waals surface area contributed by atoms with Crippen LogP contribution in [0, 0.1) is 5.82 Å². The summed E-state index contributed by atoms with van der Waals surface area (Å²) in [5, 5.41) is 5.96. The number of halogens is 2. The summed E-state index contributed by atoms with van der Waals surface area (Å²) < 4.78 is 25.4. The van der Waals surface area contributed by atoms with E-state index in [2.05, 4.69) is 10.6 Å². The van der Waals surface area contributed by atoms with Crippen molar-refractivity contribution in [3.05, 3.63) is 46.7 Å². The lowest BCUT2D eigenvalue weighted by Gasteiger charge is -2.19. The van der Waals surface area contributed by atoms with Crippen LogP contribution in [0.1, 0.15) is 26.3 Å². The van der Waals surface area contributed by atoms with Crippen molar-refractivity contribution in [1.29, 1.82) is 0 Å². The van der Waals surface area contributed by atoms with Crippen LogP contribution in [0.5, 0.6) is 11.5 Å². The zero-order valence-electron chi connectivity index (χ0n) is 15.4. The molecule has 2 atom stereocenters. The van der Waals surface area contributed by atoms with Crippen molar-refractivity contribution in [1.82, 2.24) is 0 Å². The molecule has 3 rings (SSSR count). The second kappa shape index (κ2) is 8.05. The average molecular weight is 393 g/mol. The summed E-state index contributed by atoms with van der Waals surface area (Å²) in [6.07, 6.45) is 0.931. The zero-order valence-corrected chi connectivity index (χ0v) is 16.2. The summed E-state index contributed by atoms with van der Waals surface area (Å²) in [6, 6.07) is 7.26. The topological polar surface area (TPSA) is 59.6 Å². The second-order valence-electron chi connectivity index (χ2n) is 6.50. The molecule has 0 unspecified atom stereocenters. The Morgan fingerprint density at radius 2 is 2.15 bits per heavy atom. The van der Waals surface area contributed by atoms with Crippen LogP contribution in [0.3, 0.4) is 0 Å². The number of rotatable bonds is 6. The predicted octanol–water partition coefficient (Wildman–Crippen LogP) is 4.64. The monoisotopic (exact) mass is 392 g/mol. The number of fused-ring (bicyclic) bond motifs is 1. The Bertz CT molecular complexity index is 859. The van der Waals surface area contributed by atoms with Crippen LogP contribution in [0.15, 0.2) is 30.3 Å². The molecule has 0 spiro atoms. The van der Waals surface area contributed by atoms with Crippen LogP contribution in [0.4, 0.5) is 15.8 Å². The molecule has 0 aliphatic carbocycles. The van der Waals surface area contributed by atoms with Crippen molar-refractivity contribution >= 4 is 28.9 Å². The lowest BCUT2D eigenvalue weighted by atomic mass is 10.1. The number of carbonyl (C=O) groups is 1. The molecule has 27 heavy (non-hydrogen) atoms. The molecule has 0 fully saturated rings. The van der Waals surface area contributed by atoms with Crippen LogP contribution in [-0.4, -0.2) is 24.7 Å².